The molecular formula is C37H42F4. The second kappa shape index (κ2) is 15.2. The smallest absolute Gasteiger partial charge is 0.167 e. The van der Waals surface area contributed by atoms with Gasteiger partial charge in [0.2, 0.25) is 0 Å². The second-order valence-electron chi connectivity index (χ2n) is 11.3. The minimum Gasteiger partial charge on any atom is -0.203 e. The molecule has 3 aromatic rings. The molecule has 1 aliphatic carbocycles. The molecule has 0 amide bonds. The quantitative estimate of drug-likeness (QED) is 0.110. The standard InChI is InChI=1S/C37H42F4/c1-3-5-7-8-9-11-13-30-22-23-31(35(39)34(30)38)28-18-20-29(21-19-28)33-25-24-32(36(40)37(33)41)27-16-14-26(15-17-27)12-10-6-4-2/h4,6,16,18-26H,3,5,7-15,17H2,1-2H3. The molecule has 0 radical (unpaired) electrons. The van der Waals surface area contributed by atoms with Crippen LogP contribution in [0.4, 0.5) is 17.6 Å². The Morgan fingerprint density at radius 1 is 0.707 bits per heavy atom. The molecule has 4 rings (SSSR count). The summed E-state index contributed by atoms with van der Waals surface area (Å²) in [7, 11) is 0. The number of unbranched alkanes of at least 4 members (excludes halogenated alkanes) is 5. The molecule has 0 nitrogen and oxygen atoms in total. The Hall–Kier alpha value is -3.14. The third kappa shape index (κ3) is 7.78. The van der Waals surface area contributed by atoms with E-state index in [4.69, 9.17) is 0 Å². The monoisotopic (exact) mass is 562 g/mol. The van der Waals surface area contributed by atoms with Gasteiger partial charge < -0.3 is 0 Å². The first kappa shape index (κ1) is 30.8. The lowest BCUT2D eigenvalue weighted by Crippen LogP contribution is -2.07. The summed E-state index contributed by atoms with van der Waals surface area (Å²) >= 11 is 0. The molecule has 0 aliphatic heterocycles. The van der Waals surface area contributed by atoms with Crippen molar-refractivity contribution in [2.45, 2.75) is 90.9 Å². The number of allylic oxidation sites excluding steroid dienone is 4. The van der Waals surface area contributed by atoms with Crippen LogP contribution in [0.15, 0.2) is 66.8 Å². The van der Waals surface area contributed by atoms with Crippen molar-refractivity contribution in [3.63, 3.8) is 0 Å². The van der Waals surface area contributed by atoms with E-state index in [1.165, 1.54) is 19.3 Å². The number of rotatable bonds is 13. The van der Waals surface area contributed by atoms with Crippen molar-refractivity contribution < 1.29 is 17.6 Å². The molecule has 0 spiro atoms. The van der Waals surface area contributed by atoms with E-state index in [1.54, 1.807) is 48.5 Å². The molecular weight excluding hydrogens is 520 g/mol. The number of aryl methyl sites for hydroxylation is 1. The van der Waals surface area contributed by atoms with Gasteiger partial charge in [-0.2, -0.15) is 0 Å². The van der Waals surface area contributed by atoms with Crippen molar-refractivity contribution in [1.82, 2.24) is 0 Å². The maximum atomic E-state index is 15.2. The first-order valence-corrected chi connectivity index (χ1v) is 15.3. The second-order valence-corrected chi connectivity index (χ2v) is 11.3. The molecule has 1 atom stereocenters. The fourth-order valence-electron chi connectivity index (χ4n) is 5.84. The van der Waals surface area contributed by atoms with Gasteiger partial charge in [0, 0.05) is 16.7 Å². The Morgan fingerprint density at radius 2 is 1.29 bits per heavy atom. The average Bonchev–Trinajstić information content (AvgIpc) is 2.99. The van der Waals surface area contributed by atoms with Gasteiger partial charge >= 0.3 is 0 Å². The highest BCUT2D eigenvalue weighted by Crippen LogP contribution is 2.37. The summed E-state index contributed by atoms with van der Waals surface area (Å²) in [5, 5.41) is 0. The van der Waals surface area contributed by atoms with Crippen LogP contribution >= 0.6 is 0 Å². The van der Waals surface area contributed by atoms with E-state index < -0.39 is 23.3 Å². The van der Waals surface area contributed by atoms with E-state index in [1.807, 2.05) is 6.92 Å². The third-order valence-electron chi connectivity index (χ3n) is 8.39. The van der Waals surface area contributed by atoms with Crippen molar-refractivity contribution in [3.05, 3.63) is 101 Å². The van der Waals surface area contributed by atoms with Crippen molar-refractivity contribution >= 4 is 5.57 Å². The number of benzene rings is 3. The molecule has 0 saturated heterocycles. The SMILES string of the molecule is CC=CCCC1CC=C(c2ccc(-c3ccc(-c4ccc(CCCCCCCC)c(F)c4F)cc3)c(F)c2F)CC1. The van der Waals surface area contributed by atoms with E-state index in [0.29, 0.717) is 34.6 Å². The summed E-state index contributed by atoms with van der Waals surface area (Å²) in [6, 6.07) is 13.0. The van der Waals surface area contributed by atoms with Crippen LogP contribution in [0.1, 0.15) is 95.6 Å². The highest BCUT2D eigenvalue weighted by atomic mass is 19.2. The molecule has 218 valence electrons. The van der Waals surface area contributed by atoms with Crippen LogP contribution in [-0.4, -0.2) is 0 Å². The minimum atomic E-state index is -0.886. The van der Waals surface area contributed by atoms with Crippen molar-refractivity contribution in [3.8, 4) is 22.3 Å². The Balaban J connectivity index is 1.44. The summed E-state index contributed by atoms with van der Waals surface area (Å²) in [5.41, 5.74) is 2.88. The molecule has 41 heavy (non-hydrogen) atoms. The summed E-state index contributed by atoms with van der Waals surface area (Å²) < 4.78 is 60.3. The first-order valence-electron chi connectivity index (χ1n) is 15.3. The summed E-state index contributed by atoms with van der Waals surface area (Å²) in [4.78, 5) is 0. The largest absolute Gasteiger partial charge is 0.203 e. The molecule has 0 saturated carbocycles. The van der Waals surface area contributed by atoms with Crippen molar-refractivity contribution in [1.29, 1.82) is 0 Å². The Kier molecular flexibility index (Phi) is 11.4. The van der Waals surface area contributed by atoms with Gasteiger partial charge in [-0.15, -0.1) is 0 Å². The van der Waals surface area contributed by atoms with E-state index in [0.717, 1.165) is 56.9 Å². The zero-order chi connectivity index (χ0) is 29.2. The molecule has 1 unspecified atom stereocenters. The molecule has 0 heterocycles. The Bertz CT molecular complexity index is 1350. The van der Waals surface area contributed by atoms with Crippen molar-refractivity contribution in [2.24, 2.45) is 5.92 Å². The van der Waals surface area contributed by atoms with E-state index in [9.17, 15) is 8.78 Å². The van der Waals surface area contributed by atoms with Crippen LogP contribution < -0.4 is 0 Å². The van der Waals surface area contributed by atoms with Crippen LogP contribution in [0.25, 0.3) is 27.8 Å². The number of hydrogen-bond acceptors (Lipinski definition) is 0. The summed E-state index contributed by atoms with van der Waals surface area (Å²) in [6.45, 7) is 4.19. The lowest BCUT2D eigenvalue weighted by molar-refractivity contribution is 0.452. The van der Waals surface area contributed by atoms with Crippen LogP contribution in [0.2, 0.25) is 0 Å². The molecule has 4 heteroatoms. The molecule has 1 aliphatic rings. The number of hydrogen-bond donors (Lipinski definition) is 0. The predicted octanol–water partition coefficient (Wildman–Crippen LogP) is 12.0. The fourth-order valence-corrected chi connectivity index (χ4v) is 5.84. The minimum absolute atomic E-state index is 0.152. The van der Waals surface area contributed by atoms with Gasteiger partial charge in [0.05, 0.1) is 0 Å². The predicted molar refractivity (Wildman–Crippen MR) is 164 cm³/mol. The van der Waals surface area contributed by atoms with Gasteiger partial charge in [0.15, 0.2) is 23.3 Å². The van der Waals surface area contributed by atoms with Gasteiger partial charge in [-0.1, -0.05) is 106 Å². The van der Waals surface area contributed by atoms with Crippen LogP contribution in [0.3, 0.4) is 0 Å². The van der Waals surface area contributed by atoms with Gasteiger partial charge in [-0.05, 0) is 80.1 Å². The summed E-state index contributed by atoms with van der Waals surface area (Å²) in [5.74, 6) is -2.81. The topological polar surface area (TPSA) is 0 Å². The van der Waals surface area contributed by atoms with Gasteiger partial charge in [-0.3, -0.25) is 0 Å². The Morgan fingerprint density at radius 3 is 1.93 bits per heavy atom. The van der Waals surface area contributed by atoms with Gasteiger partial charge in [-0.25, -0.2) is 17.6 Å². The normalized spacial score (nSPS) is 15.5. The van der Waals surface area contributed by atoms with Gasteiger partial charge in [0.1, 0.15) is 0 Å². The van der Waals surface area contributed by atoms with Gasteiger partial charge in [0.25, 0.3) is 0 Å². The Labute approximate surface area is 243 Å². The average molecular weight is 563 g/mol. The molecule has 0 N–H and O–H groups in total. The molecule has 0 aromatic heterocycles. The van der Waals surface area contributed by atoms with Crippen LogP contribution in [0.5, 0.6) is 0 Å². The van der Waals surface area contributed by atoms with E-state index in [2.05, 4.69) is 25.2 Å². The molecule has 0 bridgehead atoms. The lowest BCUT2D eigenvalue weighted by Gasteiger charge is -2.22. The molecule has 3 aromatic carbocycles. The maximum absolute atomic E-state index is 15.2. The number of halogens is 4. The van der Waals surface area contributed by atoms with Crippen molar-refractivity contribution in [2.75, 3.05) is 0 Å². The fraction of sp³-hybridized carbons (Fsp3) is 0.405. The van der Waals surface area contributed by atoms with Crippen LogP contribution in [0, 0.1) is 29.2 Å². The van der Waals surface area contributed by atoms with E-state index >= 15 is 8.78 Å². The molecule has 0 fully saturated rings. The third-order valence-corrected chi connectivity index (χ3v) is 8.39. The highest BCUT2D eigenvalue weighted by Gasteiger charge is 2.21. The van der Waals surface area contributed by atoms with E-state index in [-0.39, 0.29) is 11.1 Å². The highest BCUT2D eigenvalue weighted by molar-refractivity contribution is 5.74. The summed E-state index contributed by atoms with van der Waals surface area (Å²) in [6.07, 6.45) is 18.1. The first-order chi connectivity index (χ1) is 19.9. The van der Waals surface area contributed by atoms with Crippen LogP contribution in [-0.2, 0) is 6.42 Å². The zero-order valence-corrected chi connectivity index (χ0v) is 24.4. The zero-order valence-electron chi connectivity index (χ0n) is 24.4. The maximum Gasteiger partial charge on any atom is 0.167 e. The lowest BCUT2D eigenvalue weighted by atomic mass is 9.83.